The van der Waals surface area contributed by atoms with Crippen LogP contribution in [0, 0.1) is 11.3 Å². The molecule has 0 amide bonds. The molecule has 3 nitrogen and oxygen atoms in total. The highest BCUT2D eigenvalue weighted by Crippen LogP contribution is 1.97. The molecule has 0 aromatic heterocycles. The Morgan fingerprint density at radius 3 is 2.50 bits per heavy atom. The zero-order chi connectivity index (χ0) is 6.57. The predicted molar refractivity (Wildman–Crippen MR) is 30.3 cm³/mol. The summed E-state index contributed by atoms with van der Waals surface area (Å²) >= 11 is 2.69. The molecule has 0 fully saturated rings. The topological polar surface area (TPSA) is 61.1 Å². The predicted octanol–water partition coefficient (Wildman–Crippen LogP) is 0.812. The zero-order valence-electron chi connectivity index (χ0n) is 3.67. The van der Waals surface area contributed by atoms with Crippen molar-refractivity contribution in [3.8, 4) is 6.07 Å². The standard InChI is InChI=1S/C3H2ClNO2S/c4-1-3(2-5)8(6)7/h1H,(H,6,7). The van der Waals surface area contributed by atoms with E-state index in [2.05, 4.69) is 0 Å². The summed E-state index contributed by atoms with van der Waals surface area (Å²) in [6.07, 6.45) is 0. The van der Waals surface area contributed by atoms with Crippen LogP contribution in [0.15, 0.2) is 10.4 Å². The molecule has 0 bridgehead atoms. The Morgan fingerprint density at radius 2 is 2.50 bits per heavy atom. The van der Waals surface area contributed by atoms with Crippen LogP contribution in [0.2, 0.25) is 0 Å². The molecule has 0 saturated heterocycles. The molecule has 44 valence electrons. The van der Waals surface area contributed by atoms with Crippen LogP contribution in [-0.4, -0.2) is 8.76 Å². The van der Waals surface area contributed by atoms with E-state index in [-0.39, 0.29) is 4.91 Å². The lowest BCUT2D eigenvalue weighted by molar-refractivity contribution is 0.572. The zero-order valence-corrected chi connectivity index (χ0v) is 5.24. The number of hydrogen-bond donors (Lipinski definition) is 1. The van der Waals surface area contributed by atoms with Crippen molar-refractivity contribution in [1.29, 1.82) is 5.26 Å². The van der Waals surface area contributed by atoms with Gasteiger partial charge in [0.25, 0.3) is 0 Å². The second-order valence-corrected chi connectivity index (χ2v) is 1.99. The smallest absolute Gasteiger partial charge is 0.198 e. The van der Waals surface area contributed by atoms with Crippen molar-refractivity contribution in [1.82, 2.24) is 0 Å². The molecular formula is C3H2ClNO2S. The third kappa shape index (κ3) is 2.07. The highest BCUT2D eigenvalue weighted by atomic mass is 35.5. The van der Waals surface area contributed by atoms with E-state index >= 15 is 0 Å². The molecule has 0 heterocycles. The first kappa shape index (κ1) is 7.63. The molecule has 0 rings (SSSR count). The van der Waals surface area contributed by atoms with E-state index in [0.717, 1.165) is 5.54 Å². The number of allylic oxidation sites excluding steroid dienone is 1. The quantitative estimate of drug-likeness (QED) is 0.446. The Morgan fingerprint density at radius 1 is 2.00 bits per heavy atom. The molecule has 1 atom stereocenters. The molecule has 0 aliphatic heterocycles. The summed E-state index contributed by atoms with van der Waals surface area (Å²) in [4.78, 5) is -0.341. The van der Waals surface area contributed by atoms with Crippen LogP contribution in [0.5, 0.6) is 0 Å². The lowest BCUT2D eigenvalue weighted by atomic mass is 10.7. The molecule has 0 aliphatic carbocycles. The number of rotatable bonds is 1. The molecular weight excluding hydrogens is 150 g/mol. The van der Waals surface area contributed by atoms with Crippen LogP contribution >= 0.6 is 11.6 Å². The van der Waals surface area contributed by atoms with Gasteiger partial charge in [-0.2, -0.15) is 5.26 Å². The summed E-state index contributed by atoms with van der Waals surface area (Å²) in [6, 6.07) is 1.43. The van der Waals surface area contributed by atoms with E-state index in [9.17, 15) is 4.21 Å². The van der Waals surface area contributed by atoms with Gasteiger partial charge in [-0.1, -0.05) is 11.6 Å². The average molecular weight is 152 g/mol. The fourth-order valence-electron chi connectivity index (χ4n) is 0.102. The minimum absolute atomic E-state index is 0.341. The Bertz CT molecular complexity index is 171. The highest BCUT2D eigenvalue weighted by molar-refractivity contribution is 7.83. The highest BCUT2D eigenvalue weighted by Gasteiger charge is 1.98. The van der Waals surface area contributed by atoms with Crippen molar-refractivity contribution in [2.45, 2.75) is 0 Å². The molecule has 0 aromatic rings. The second-order valence-electron chi connectivity index (χ2n) is 0.834. The van der Waals surface area contributed by atoms with Gasteiger partial charge in [-0.3, -0.25) is 0 Å². The van der Waals surface area contributed by atoms with Crippen LogP contribution in [-0.2, 0) is 11.1 Å². The third-order valence-corrected chi connectivity index (χ3v) is 1.33. The molecule has 0 radical (unpaired) electrons. The third-order valence-electron chi connectivity index (χ3n) is 0.397. The fourth-order valence-corrected chi connectivity index (χ4v) is 0.533. The van der Waals surface area contributed by atoms with Gasteiger partial charge < -0.3 is 4.55 Å². The second kappa shape index (κ2) is 3.61. The Hall–Kier alpha value is -0.370. The Kier molecular flexibility index (Phi) is 3.44. The maximum Gasteiger partial charge on any atom is 0.198 e. The number of hydrogen-bond acceptors (Lipinski definition) is 2. The van der Waals surface area contributed by atoms with Crippen molar-refractivity contribution in [3.63, 3.8) is 0 Å². The minimum Gasteiger partial charge on any atom is -0.302 e. The van der Waals surface area contributed by atoms with Gasteiger partial charge in [-0.25, -0.2) is 4.21 Å². The molecule has 0 aliphatic rings. The normalized spacial score (nSPS) is 14.9. The number of nitriles is 1. The maximum atomic E-state index is 9.90. The summed E-state index contributed by atoms with van der Waals surface area (Å²) in [5, 5.41) is 7.94. The van der Waals surface area contributed by atoms with Crippen molar-refractivity contribution < 1.29 is 8.76 Å². The molecule has 5 heteroatoms. The summed E-state index contributed by atoms with van der Waals surface area (Å²) in [5.74, 6) is 0. The summed E-state index contributed by atoms with van der Waals surface area (Å²) in [6.45, 7) is 0. The number of halogens is 1. The van der Waals surface area contributed by atoms with Gasteiger partial charge in [0, 0.05) is 5.54 Å². The lowest BCUT2D eigenvalue weighted by Gasteiger charge is -1.80. The molecule has 0 saturated carbocycles. The molecule has 1 N–H and O–H groups in total. The number of nitrogens with zero attached hydrogens (tertiary/aromatic N) is 1. The molecule has 8 heavy (non-hydrogen) atoms. The van der Waals surface area contributed by atoms with E-state index in [0.29, 0.717) is 0 Å². The summed E-state index contributed by atoms with van der Waals surface area (Å²) in [7, 11) is 0. The van der Waals surface area contributed by atoms with Crippen molar-refractivity contribution in [3.05, 3.63) is 10.4 Å². The van der Waals surface area contributed by atoms with E-state index in [1.165, 1.54) is 6.07 Å². The van der Waals surface area contributed by atoms with Crippen molar-refractivity contribution in [2.75, 3.05) is 0 Å². The summed E-state index contributed by atoms with van der Waals surface area (Å²) in [5.41, 5.74) is 0.774. The van der Waals surface area contributed by atoms with Crippen LogP contribution in [0.1, 0.15) is 0 Å². The van der Waals surface area contributed by atoms with E-state index in [4.69, 9.17) is 21.4 Å². The van der Waals surface area contributed by atoms with Gasteiger partial charge >= 0.3 is 0 Å². The van der Waals surface area contributed by atoms with Gasteiger partial charge in [0.15, 0.2) is 16.0 Å². The minimum atomic E-state index is -2.24. The SMILES string of the molecule is N#CC(=CCl)S(=O)O. The van der Waals surface area contributed by atoms with Gasteiger partial charge in [0.05, 0.1) is 0 Å². The van der Waals surface area contributed by atoms with Crippen molar-refractivity contribution >= 4 is 22.7 Å². The molecule has 0 spiro atoms. The Labute approximate surface area is 53.9 Å². The van der Waals surface area contributed by atoms with E-state index in [1.54, 1.807) is 0 Å². The van der Waals surface area contributed by atoms with Crippen LogP contribution in [0.3, 0.4) is 0 Å². The van der Waals surface area contributed by atoms with Gasteiger partial charge in [-0.15, -0.1) is 0 Å². The maximum absolute atomic E-state index is 9.90. The average Bonchev–Trinajstić information content (AvgIpc) is 1.69. The monoisotopic (exact) mass is 151 g/mol. The fraction of sp³-hybridized carbons (Fsp3) is 0. The van der Waals surface area contributed by atoms with Gasteiger partial charge in [-0.05, 0) is 0 Å². The Balaban J connectivity index is 4.20. The summed E-state index contributed by atoms with van der Waals surface area (Å²) < 4.78 is 18.0. The first-order chi connectivity index (χ1) is 3.72. The van der Waals surface area contributed by atoms with Crippen molar-refractivity contribution in [2.24, 2.45) is 0 Å². The lowest BCUT2D eigenvalue weighted by Crippen LogP contribution is -1.86. The molecule has 1 unspecified atom stereocenters. The van der Waals surface area contributed by atoms with E-state index in [1.807, 2.05) is 0 Å². The van der Waals surface area contributed by atoms with Crippen LogP contribution < -0.4 is 0 Å². The van der Waals surface area contributed by atoms with Crippen LogP contribution in [0.4, 0.5) is 0 Å². The first-order valence-electron chi connectivity index (χ1n) is 1.53. The molecule has 0 aromatic carbocycles. The van der Waals surface area contributed by atoms with Gasteiger partial charge in [0.2, 0.25) is 0 Å². The van der Waals surface area contributed by atoms with Crippen LogP contribution in [0.25, 0.3) is 0 Å². The van der Waals surface area contributed by atoms with Gasteiger partial charge in [0.1, 0.15) is 6.07 Å². The van der Waals surface area contributed by atoms with E-state index < -0.39 is 11.1 Å². The first-order valence-corrected chi connectivity index (χ1v) is 3.08. The largest absolute Gasteiger partial charge is 0.302 e.